The largest absolute Gasteiger partial charge is 0.394 e. The fourth-order valence-electron chi connectivity index (χ4n) is 3.72. The topological polar surface area (TPSA) is 162 Å². The third kappa shape index (κ3) is 11.8. The highest BCUT2D eigenvalue weighted by Gasteiger charge is 2.33. The van der Waals surface area contributed by atoms with Crippen LogP contribution in [0.4, 0.5) is 5.69 Å². The molecule has 1 unspecified atom stereocenters. The summed E-state index contributed by atoms with van der Waals surface area (Å²) in [5, 5.41) is 13.9. The molecule has 0 aliphatic carbocycles. The van der Waals surface area contributed by atoms with Crippen LogP contribution in [-0.4, -0.2) is 126 Å². The molecular weight excluding hydrogens is 514 g/mol. The van der Waals surface area contributed by atoms with Gasteiger partial charge in [-0.15, -0.1) is 0 Å². The number of aliphatic hydroxyl groups excluding tert-OH is 1. The van der Waals surface area contributed by atoms with Crippen LogP contribution in [0.3, 0.4) is 0 Å². The van der Waals surface area contributed by atoms with Gasteiger partial charge in [0, 0.05) is 25.7 Å². The van der Waals surface area contributed by atoms with Crippen molar-refractivity contribution in [3.8, 4) is 0 Å². The minimum atomic E-state index is -0.781. The van der Waals surface area contributed by atoms with Crippen LogP contribution >= 0.6 is 0 Å². The molecule has 0 saturated carbocycles. The molecule has 218 valence electrons. The third-order valence-corrected chi connectivity index (χ3v) is 5.74. The first-order valence-electron chi connectivity index (χ1n) is 12.9. The van der Waals surface area contributed by atoms with E-state index in [4.69, 9.17) is 28.8 Å². The summed E-state index contributed by atoms with van der Waals surface area (Å²) in [6, 6.07) is 4.08. The average Bonchev–Trinajstić information content (AvgIpc) is 2.93. The number of carbonyl (C=O) groups is 4. The molecule has 13 heteroatoms. The Balaban J connectivity index is 1.60. The summed E-state index contributed by atoms with van der Waals surface area (Å²) in [5.74, 6) is -1.38. The van der Waals surface area contributed by atoms with E-state index in [1.54, 1.807) is 12.1 Å². The molecule has 2 rings (SSSR count). The Labute approximate surface area is 228 Å². The molecule has 0 spiro atoms. The normalized spacial score (nSPS) is 15.2. The van der Waals surface area contributed by atoms with Crippen LogP contribution in [0.1, 0.15) is 33.6 Å². The number of ether oxygens (including phenoxy) is 5. The molecule has 1 aliphatic rings. The fourth-order valence-corrected chi connectivity index (χ4v) is 3.72. The number of aliphatic hydroxyl groups is 1. The number of piperidine rings is 1. The molecular formula is C26H39N3O10. The van der Waals surface area contributed by atoms with Crippen molar-refractivity contribution in [2.45, 2.75) is 18.9 Å². The number of carbonyl (C=O) groups excluding carboxylic acids is 4. The van der Waals surface area contributed by atoms with Crippen LogP contribution in [0.15, 0.2) is 18.2 Å². The predicted molar refractivity (Wildman–Crippen MR) is 140 cm³/mol. The van der Waals surface area contributed by atoms with Gasteiger partial charge >= 0.3 is 0 Å². The molecule has 1 fully saturated rings. The summed E-state index contributed by atoms with van der Waals surface area (Å²) in [5.41, 5.74) is 0.828. The molecule has 1 heterocycles. The SMILES string of the molecule is CN(C(=O)c1cccc(NCCOCCOCCOCCOCCOCCO)c1C=O)C1CCC(=O)NC1=O. The van der Waals surface area contributed by atoms with E-state index in [1.807, 2.05) is 0 Å². The van der Waals surface area contributed by atoms with E-state index in [2.05, 4.69) is 10.6 Å². The Hall–Kier alpha value is -2.94. The van der Waals surface area contributed by atoms with Crippen molar-refractivity contribution in [2.75, 3.05) is 91.6 Å². The zero-order chi connectivity index (χ0) is 28.3. The minimum Gasteiger partial charge on any atom is -0.394 e. The van der Waals surface area contributed by atoms with E-state index in [0.29, 0.717) is 84.6 Å². The number of hydrogen-bond acceptors (Lipinski definition) is 11. The molecule has 13 nitrogen and oxygen atoms in total. The van der Waals surface area contributed by atoms with Gasteiger partial charge in [-0.3, -0.25) is 24.5 Å². The Morgan fingerprint density at radius 2 is 1.54 bits per heavy atom. The Kier molecular flexibility index (Phi) is 15.9. The first kappa shape index (κ1) is 32.3. The predicted octanol–water partition coefficient (Wildman–Crippen LogP) is -0.136. The van der Waals surface area contributed by atoms with E-state index in [0.717, 1.165) is 0 Å². The second-order valence-electron chi connectivity index (χ2n) is 8.48. The fraction of sp³-hybridized carbons (Fsp3) is 0.615. The Bertz CT molecular complexity index is 914. The van der Waals surface area contributed by atoms with Crippen molar-refractivity contribution in [2.24, 2.45) is 0 Å². The van der Waals surface area contributed by atoms with Crippen LogP contribution in [0.5, 0.6) is 0 Å². The van der Waals surface area contributed by atoms with Gasteiger partial charge in [-0.1, -0.05) is 6.07 Å². The van der Waals surface area contributed by atoms with Crippen molar-refractivity contribution in [3.63, 3.8) is 0 Å². The van der Waals surface area contributed by atoms with E-state index in [9.17, 15) is 19.2 Å². The number of imide groups is 1. The Morgan fingerprint density at radius 1 is 0.974 bits per heavy atom. The number of rotatable bonds is 21. The quantitative estimate of drug-likeness (QED) is 0.106. The second kappa shape index (κ2) is 19.2. The van der Waals surface area contributed by atoms with Crippen molar-refractivity contribution in [1.29, 1.82) is 0 Å². The smallest absolute Gasteiger partial charge is 0.255 e. The number of nitrogens with zero attached hydrogens (tertiary/aromatic N) is 1. The number of nitrogens with one attached hydrogen (secondary N) is 2. The lowest BCUT2D eigenvalue weighted by atomic mass is 10.0. The average molecular weight is 554 g/mol. The molecule has 1 aliphatic heterocycles. The summed E-state index contributed by atoms with van der Waals surface area (Å²) in [6.07, 6.45) is 0.979. The van der Waals surface area contributed by atoms with Crippen LogP contribution < -0.4 is 10.6 Å². The minimum absolute atomic E-state index is 0.000105. The second-order valence-corrected chi connectivity index (χ2v) is 8.48. The van der Waals surface area contributed by atoms with Crippen LogP contribution in [0, 0.1) is 0 Å². The van der Waals surface area contributed by atoms with Gasteiger partial charge in [-0.2, -0.15) is 0 Å². The van der Waals surface area contributed by atoms with Gasteiger partial charge in [0.25, 0.3) is 5.91 Å². The van der Waals surface area contributed by atoms with Gasteiger partial charge in [-0.25, -0.2) is 0 Å². The molecule has 0 aromatic heterocycles. The summed E-state index contributed by atoms with van der Waals surface area (Å²) in [6.45, 7) is 4.51. The van der Waals surface area contributed by atoms with Gasteiger partial charge in [0.1, 0.15) is 6.04 Å². The van der Waals surface area contributed by atoms with Crippen molar-refractivity contribution in [1.82, 2.24) is 10.2 Å². The molecule has 1 atom stereocenters. The third-order valence-electron chi connectivity index (χ3n) is 5.74. The molecule has 39 heavy (non-hydrogen) atoms. The number of anilines is 1. The van der Waals surface area contributed by atoms with Gasteiger partial charge in [0.05, 0.1) is 83.8 Å². The highest BCUT2D eigenvalue weighted by Crippen LogP contribution is 2.21. The van der Waals surface area contributed by atoms with Crippen LogP contribution in [-0.2, 0) is 33.3 Å². The summed E-state index contributed by atoms with van der Waals surface area (Å²) < 4.78 is 26.7. The van der Waals surface area contributed by atoms with Crippen LogP contribution in [0.25, 0.3) is 0 Å². The van der Waals surface area contributed by atoms with Gasteiger partial charge in [-0.05, 0) is 18.6 Å². The first-order valence-corrected chi connectivity index (χ1v) is 12.9. The van der Waals surface area contributed by atoms with Crippen molar-refractivity contribution in [3.05, 3.63) is 29.3 Å². The van der Waals surface area contributed by atoms with Crippen molar-refractivity contribution >= 4 is 29.7 Å². The molecule has 3 N–H and O–H groups in total. The van der Waals surface area contributed by atoms with E-state index in [1.165, 1.54) is 18.0 Å². The molecule has 1 aromatic rings. The number of amides is 3. The summed E-state index contributed by atoms with van der Waals surface area (Å²) >= 11 is 0. The summed E-state index contributed by atoms with van der Waals surface area (Å²) in [7, 11) is 1.48. The number of likely N-dealkylation sites (N-methyl/N-ethyl adjacent to an activating group) is 1. The van der Waals surface area contributed by atoms with Gasteiger partial charge in [0.2, 0.25) is 11.8 Å². The molecule has 3 amide bonds. The number of hydrogen-bond donors (Lipinski definition) is 3. The maximum atomic E-state index is 13.0. The maximum absolute atomic E-state index is 13.0. The lowest BCUT2D eigenvalue weighted by Crippen LogP contribution is -2.53. The lowest BCUT2D eigenvalue weighted by Gasteiger charge is -2.30. The van der Waals surface area contributed by atoms with Crippen LogP contribution in [0.2, 0.25) is 0 Å². The standard InChI is InChI=1S/C26H39N3O10/c1-29(23-5-6-24(32)28-25(23)33)26(34)20-3-2-4-22(21(20)19-31)27-7-9-35-11-13-37-15-17-39-18-16-38-14-12-36-10-8-30/h2-4,19,23,27,30H,5-18H2,1H3,(H,28,32,33). The monoisotopic (exact) mass is 553 g/mol. The first-order chi connectivity index (χ1) is 19.0. The Morgan fingerprint density at radius 3 is 2.08 bits per heavy atom. The zero-order valence-corrected chi connectivity index (χ0v) is 22.4. The van der Waals surface area contributed by atoms with E-state index >= 15 is 0 Å². The maximum Gasteiger partial charge on any atom is 0.255 e. The molecule has 0 bridgehead atoms. The van der Waals surface area contributed by atoms with Gasteiger partial charge < -0.3 is 39.0 Å². The van der Waals surface area contributed by atoms with E-state index in [-0.39, 0.29) is 36.5 Å². The highest BCUT2D eigenvalue weighted by atomic mass is 16.6. The lowest BCUT2D eigenvalue weighted by molar-refractivity contribution is -0.136. The van der Waals surface area contributed by atoms with Gasteiger partial charge in [0.15, 0.2) is 6.29 Å². The molecule has 1 aromatic carbocycles. The number of aldehydes is 1. The zero-order valence-electron chi connectivity index (χ0n) is 22.4. The van der Waals surface area contributed by atoms with Crippen molar-refractivity contribution < 1.29 is 48.0 Å². The summed E-state index contributed by atoms with van der Waals surface area (Å²) in [4.78, 5) is 49.7. The number of benzene rings is 1. The molecule has 1 saturated heterocycles. The highest BCUT2D eigenvalue weighted by molar-refractivity contribution is 6.07. The van der Waals surface area contributed by atoms with E-state index < -0.39 is 17.9 Å². The molecule has 0 radical (unpaired) electrons.